The van der Waals surface area contributed by atoms with Crippen LogP contribution in [0.2, 0.25) is 0 Å². The second kappa shape index (κ2) is 9.30. The molecule has 158 valence electrons. The first-order chi connectivity index (χ1) is 15.1. The summed E-state index contributed by atoms with van der Waals surface area (Å²) in [6.45, 7) is 5.35. The lowest BCUT2D eigenvalue weighted by molar-refractivity contribution is 0.0977. The number of nitrogens with one attached hydrogen (secondary N) is 2. The van der Waals surface area contributed by atoms with Gasteiger partial charge in [0.05, 0.1) is 12.2 Å². The molecule has 31 heavy (non-hydrogen) atoms. The zero-order chi connectivity index (χ0) is 21.6. The van der Waals surface area contributed by atoms with Crippen LogP contribution >= 0.6 is 0 Å². The van der Waals surface area contributed by atoms with Gasteiger partial charge in [-0.1, -0.05) is 12.1 Å². The van der Waals surface area contributed by atoms with Crippen LogP contribution < -0.4 is 20.1 Å². The van der Waals surface area contributed by atoms with Crippen LogP contribution in [0.15, 0.2) is 65.8 Å². The largest absolute Gasteiger partial charge is 0.486 e. The van der Waals surface area contributed by atoms with Crippen LogP contribution in [0.3, 0.4) is 0 Å². The fourth-order valence-electron chi connectivity index (χ4n) is 3.08. The standard InChI is InChI=1S/C24H24N4O3/c1-16-6-7-18(13-17(16)2)23(29)28-24(26-15-20-5-3-4-10-25-20)27-19-8-9-21-22(14-19)31-12-11-30-21/h3-10,13-14H,11-12,15H2,1-2H3,(H2,26,27,28,29). The van der Waals surface area contributed by atoms with Crippen molar-refractivity contribution in [3.05, 3.63) is 83.2 Å². The first kappa shape index (κ1) is 20.4. The number of anilines is 1. The fraction of sp³-hybridized carbons (Fsp3) is 0.208. The van der Waals surface area contributed by atoms with Crippen LogP contribution in [0.4, 0.5) is 5.69 Å². The lowest BCUT2D eigenvalue weighted by Gasteiger charge is -2.19. The minimum absolute atomic E-state index is 0.243. The second-order valence-corrected chi connectivity index (χ2v) is 7.22. The lowest BCUT2D eigenvalue weighted by Crippen LogP contribution is -2.36. The summed E-state index contributed by atoms with van der Waals surface area (Å²) < 4.78 is 11.2. The second-order valence-electron chi connectivity index (χ2n) is 7.22. The number of hydrogen-bond acceptors (Lipinski definition) is 5. The quantitative estimate of drug-likeness (QED) is 0.498. The van der Waals surface area contributed by atoms with Gasteiger partial charge in [0.15, 0.2) is 11.5 Å². The number of fused-ring (bicyclic) bond motifs is 1. The number of nitrogens with zero attached hydrogens (tertiary/aromatic N) is 2. The highest BCUT2D eigenvalue weighted by Crippen LogP contribution is 2.32. The monoisotopic (exact) mass is 416 g/mol. The molecule has 1 aliphatic rings. The molecule has 0 spiro atoms. The van der Waals surface area contributed by atoms with E-state index in [1.54, 1.807) is 12.3 Å². The molecule has 0 saturated carbocycles. The molecule has 4 rings (SSSR count). The topological polar surface area (TPSA) is 84.8 Å². The number of guanidine groups is 1. The molecule has 3 aromatic rings. The van der Waals surface area contributed by atoms with E-state index in [0.717, 1.165) is 22.5 Å². The maximum absolute atomic E-state index is 12.9. The average Bonchev–Trinajstić information content (AvgIpc) is 2.80. The maximum Gasteiger partial charge on any atom is 0.257 e. The third-order valence-electron chi connectivity index (χ3n) is 4.93. The first-order valence-corrected chi connectivity index (χ1v) is 10.1. The van der Waals surface area contributed by atoms with E-state index in [-0.39, 0.29) is 5.91 Å². The van der Waals surface area contributed by atoms with Gasteiger partial charge in [0.2, 0.25) is 5.96 Å². The van der Waals surface area contributed by atoms with Crippen molar-refractivity contribution in [2.24, 2.45) is 4.99 Å². The van der Waals surface area contributed by atoms with E-state index in [2.05, 4.69) is 20.6 Å². The molecule has 7 heteroatoms. The molecule has 0 aliphatic carbocycles. The minimum atomic E-state index is -0.243. The van der Waals surface area contributed by atoms with E-state index < -0.39 is 0 Å². The van der Waals surface area contributed by atoms with Gasteiger partial charge in [-0.05, 0) is 61.4 Å². The number of rotatable bonds is 4. The highest BCUT2D eigenvalue weighted by atomic mass is 16.6. The number of ether oxygens (including phenoxy) is 2. The van der Waals surface area contributed by atoms with Crippen molar-refractivity contribution in [1.82, 2.24) is 10.3 Å². The van der Waals surface area contributed by atoms with Crippen LogP contribution in [-0.2, 0) is 6.54 Å². The molecule has 2 heterocycles. The van der Waals surface area contributed by atoms with Crippen molar-refractivity contribution in [2.75, 3.05) is 18.5 Å². The van der Waals surface area contributed by atoms with E-state index in [1.165, 1.54) is 0 Å². The maximum atomic E-state index is 12.9. The molecule has 0 saturated heterocycles. The van der Waals surface area contributed by atoms with Gasteiger partial charge in [0.1, 0.15) is 13.2 Å². The molecule has 1 aliphatic heterocycles. The van der Waals surface area contributed by atoms with E-state index >= 15 is 0 Å². The van der Waals surface area contributed by atoms with Crippen LogP contribution in [-0.4, -0.2) is 30.1 Å². The van der Waals surface area contributed by atoms with E-state index in [4.69, 9.17) is 9.47 Å². The van der Waals surface area contributed by atoms with Gasteiger partial charge in [-0.3, -0.25) is 15.1 Å². The van der Waals surface area contributed by atoms with Crippen LogP contribution in [0.5, 0.6) is 11.5 Å². The minimum Gasteiger partial charge on any atom is -0.486 e. The number of pyridine rings is 1. The molecule has 0 atom stereocenters. The molecular formula is C24H24N4O3. The molecule has 0 fully saturated rings. The van der Waals surface area contributed by atoms with E-state index in [1.807, 2.05) is 62.4 Å². The normalized spacial score (nSPS) is 12.9. The number of carbonyl (C=O) groups is 1. The Kier molecular flexibility index (Phi) is 6.12. The Morgan fingerprint density at radius 2 is 1.84 bits per heavy atom. The Morgan fingerprint density at radius 1 is 1.00 bits per heavy atom. The first-order valence-electron chi connectivity index (χ1n) is 10.1. The summed E-state index contributed by atoms with van der Waals surface area (Å²) in [7, 11) is 0. The Morgan fingerprint density at radius 3 is 2.61 bits per heavy atom. The Balaban J connectivity index is 1.56. The highest BCUT2D eigenvalue weighted by Gasteiger charge is 2.14. The predicted molar refractivity (Wildman–Crippen MR) is 120 cm³/mol. The Labute approximate surface area is 181 Å². The van der Waals surface area contributed by atoms with Crippen molar-refractivity contribution in [2.45, 2.75) is 20.4 Å². The summed E-state index contributed by atoms with van der Waals surface area (Å²) in [5.41, 5.74) is 4.28. The highest BCUT2D eigenvalue weighted by molar-refractivity contribution is 6.10. The van der Waals surface area contributed by atoms with Crippen molar-refractivity contribution in [1.29, 1.82) is 0 Å². The number of amides is 1. The summed E-state index contributed by atoms with van der Waals surface area (Å²) >= 11 is 0. The summed E-state index contributed by atoms with van der Waals surface area (Å²) in [6.07, 6.45) is 1.71. The summed E-state index contributed by atoms with van der Waals surface area (Å²) in [5, 5.41) is 6.06. The number of hydrogen-bond donors (Lipinski definition) is 2. The number of aliphatic imine (C=N–C) groups is 1. The van der Waals surface area contributed by atoms with Gasteiger partial charge in [-0.2, -0.15) is 0 Å². The number of carbonyl (C=O) groups excluding carboxylic acids is 1. The predicted octanol–water partition coefficient (Wildman–Crippen LogP) is 3.87. The zero-order valence-corrected chi connectivity index (χ0v) is 17.5. The molecule has 2 aromatic carbocycles. The van der Waals surface area contributed by atoms with Gasteiger partial charge in [0.25, 0.3) is 5.91 Å². The van der Waals surface area contributed by atoms with E-state index in [9.17, 15) is 4.79 Å². The summed E-state index contributed by atoms with van der Waals surface area (Å²) in [4.78, 5) is 21.7. The van der Waals surface area contributed by atoms with Gasteiger partial charge in [0, 0.05) is 23.5 Å². The molecule has 1 aromatic heterocycles. The SMILES string of the molecule is Cc1ccc(C(=O)NC(=NCc2ccccn2)Nc2ccc3c(c2)OCCO3)cc1C. The van der Waals surface area contributed by atoms with E-state index in [0.29, 0.717) is 42.8 Å². The number of aromatic nitrogens is 1. The van der Waals surface area contributed by atoms with Crippen LogP contribution in [0.1, 0.15) is 27.2 Å². The van der Waals surface area contributed by atoms with Gasteiger partial charge in [-0.15, -0.1) is 0 Å². The molecule has 2 N–H and O–H groups in total. The summed E-state index contributed by atoms with van der Waals surface area (Å²) in [6, 6.07) is 16.8. The van der Waals surface area contributed by atoms with Crippen molar-refractivity contribution >= 4 is 17.6 Å². The van der Waals surface area contributed by atoms with Gasteiger partial charge >= 0.3 is 0 Å². The molecule has 0 unspecified atom stereocenters. The molecule has 7 nitrogen and oxygen atoms in total. The van der Waals surface area contributed by atoms with Gasteiger partial charge < -0.3 is 14.8 Å². The van der Waals surface area contributed by atoms with Crippen molar-refractivity contribution in [3.63, 3.8) is 0 Å². The molecule has 0 bridgehead atoms. The van der Waals surface area contributed by atoms with Gasteiger partial charge in [-0.25, -0.2) is 4.99 Å². The van der Waals surface area contributed by atoms with Crippen molar-refractivity contribution in [3.8, 4) is 11.5 Å². The molecule has 1 amide bonds. The smallest absolute Gasteiger partial charge is 0.257 e. The summed E-state index contributed by atoms with van der Waals surface area (Å²) in [5.74, 6) is 1.43. The fourth-order valence-corrected chi connectivity index (χ4v) is 3.08. The Bertz CT molecular complexity index is 1110. The molecule has 0 radical (unpaired) electrons. The van der Waals surface area contributed by atoms with Crippen LogP contribution in [0.25, 0.3) is 0 Å². The van der Waals surface area contributed by atoms with Crippen molar-refractivity contribution < 1.29 is 14.3 Å². The number of aryl methyl sites for hydroxylation is 2. The lowest BCUT2D eigenvalue weighted by atomic mass is 10.1. The third-order valence-corrected chi connectivity index (χ3v) is 4.93. The zero-order valence-electron chi connectivity index (χ0n) is 17.5. The number of benzene rings is 2. The third kappa shape index (κ3) is 5.19. The van der Waals surface area contributed by atoms with Crippen LogP contribution in [0, 0.1) is 13.8 Å². The molecular weight excluding hydrogens is 392 g/mol. The Hall–Kier alpha value is -3.87. The average molecular weight is 416 g/mol.